The molecule has 5 nitrogen and oxygen atoms in total. The molecule has 0 spiro atoms. The van der Waals surface area contributed by atoms with Crippen molar-refractivity contribution in [2.75, 3.05) is 39.8 Å². The second-order valence-electron chi connectivity index (χ2n) is 7.15. The van der Waals surface area contributed by atoms with Gasteiger partial charge in [-0.2, -0.15) is 0 Å². The third-order valence-corrected chi connectivity index (χ3v) is 4.17. The lowest BCUT2D eigenvalue weighted by molar-refractivity contribution is -0.135. The molecule has 1 aliphatic heterocycles. The molecule has 5 heteroatoms. The number of amides is 1. The van der Waals surface area contributed by atoms with Crippen molar-refractivity contribution in [3.05, 3.63) is 35.9 Å². The molecule has 1 fully saturated rings. The van der Waals surface area contributed by atoms with Crippen LogP contribution in [0.4, 0.5) is 4.79 Å². The molecule has 0 unspecified atom stereocenters. The summed E-state index contributed by atoms with van der Waals surface area (Å²) in [6.45, 7) is 10.2. The number of piperazine rings is 1. The maximum Gasteiger partial charge on any atom is 0.429 e. The van der Waals surface area contributed by atoms with E-state index in [1.807, 2.05) is 43.9 Å². The fraction of sp³-hybridized carbons (Fsp3) is 0.611. The van der Waals surface area contributed by atoms with E-state index in [9.17, 15) is 4.79 Å². The van der Waals surface area contributed by atoms with Gasteiger partial charge in [-0.1, -0.05) is 30.3 Å². The first-order valence-electron chi connectivity index (χ1n) is 8.33. The Morgan fingerprint density at radius 3 is 2.30 bits per heavy atom. The van der Waals surface area contributed by atoms with E-state index in [1.165, 1.54) is 5.56 Å². The monoisotopic (exact) mass is 319 g/mol. The second kappa shape index (κ2) is 7.79. The van der Waals surface area contributed by atoms with Crippen LogP contribution < -0.4 is 0 Å². The SMILES string of the molecule is CN1CCN(OC(=O)N(CCc2ccccc2)C(C)(C)C)CC1. The van der Waals surface area contributed by atoms with E-state index in [-0.39, 0.29) is 11.6 Å². The maximum atomic E-state index is 12.6. The zero-order valence-electron chi connectivity index (χ0n) is 14.8. The number of rotatable bonds is 4. The van der Waals surface area contributed by atoms with Crippen molar-refractivity contribution in [2.45, 2.75) is 32.7 Å². The molecule has 0 aromatic heterocycles. The standard InChI is InChI=1S/C18H29N3O2/c1-18(2,3)21(11-10-16-8-6-5-7-9-16)17(22)23-20-14-12-19(4)13-15-20/h5-9H,10-15H2,1-4H3. The van der Waals surface area contributed by atoms with E-state index >= 15 is 0 Å². The van der Waals surface area contributed by atoms with E-state index in [0.717, 1.165) is 32.6 Å². The first kappa shape index (κ1) is 17.8. The average molecular weight is 319 g/mol. The predicted octanol–water partition coefficient (Wildman–Crippen LogP) is 2.63. The van der Waals surface area contributed by atoms with Gasteiger partial charge in [-0.3, -0.25) is 0 Å². The lowest BCUT2D eigenvalue weighted by atomic mass is 10.1. The van der Waals surface area contributed by atoms with Crippen molar-refractivity contribution >= 4 is 6.09 Å². The molecule has 0 bridgehead atoms. The van der Waals surface area contributed by atoms with Crippen LogP contribution in [-0.4, -0.2) is 66.3 Å². The van der Waals surface area contributed by atoms with E-state index in [0.29, 0.717) is 6.54 Å². The van der Waals surface area contributed by atoms with Crippen molar-refractivity contribution in [1.82, 2.24) is 14.9 Å². The Kier molecular flexibility index (Phi) is 6.02. The molecule has 1 aromatic rings. The van der Waals surface area contributed by atoms with Crippen molar-refractivity contribution < 1.29 is 9.63 Å². The van der Waals surface area contributed by atoms with Crippen LogP contribution in [0.1, 0.15) is 26.3 Å². The van der Waals surface area contributed by atoms with Gasteiger partial charge in [-0.05, 0) is 39.8 Å². The number of likely N-dealkylation sites (N-methyl/N-ethyl adjacent to an activating group) is 1. The van der Waals surface area contributed by atoms with Crippen LogP contribution in [0.5, 0.6) is 0 Å². The van der Waals surface area contributed by atoms with E-state index in [1.54, 1.807) is 5.06 Å². The van der Waals surface area contributed by atoms with Gasteiger partial charge in [0.05, 0.1) is 0 Å². The van der Waals surface area contributed by atoms with Gasteiger partial charge in [0.15, 0.2) is 0 Å². The minimum absolute atomic E-state index is 0.252. The molecule has 2 rings (SSSR count). The molecule has 1 heterocycles. The highest BCUT2D eigenvalue weighted by Crippen LogP contribution is 2.17. The van der Waals surface area contributed by atoms with Crippen molar-refractivity contribution in [3.8, 4) is 0 Å². The molecule has 1 amide bonds. The van der Waals surface area contributed by atoms with Gasteiger partial charge < -0.3 is 14.6 Å². The summed E-state index contributed by atoms with van der Waals surface area (Å²) < 4.78 is 0. The van der Waals surface area contributed by atoms with Gasteiger partial charge in [0.2, 0.25) is 0 Å². The minimum Gasteiger partial charge on any atom is -0.351 e. The summed E-state index contributed by atoms with van der Waals surface area (Å²) >= 11 is 0. The first-order valence-corrected chi connectivity index (χ1v) is 8.33. The number of hydrogen-bond donors (Lipinski definition) is 0. The molecule has 0 aliphatic carbocycles. The Balaban J connectivity index is 1.93. The zero-order valence-corrected chi connectivity index (χ0v) is 14.8. The van der Waals surface area contributed by atoms with Crippen LogP contribution in [0.2, 0.25) is 0 Å². The molecule has 1 aromatic carbocycles. The second-order valence-corrected chi connectivity index (χ2v) is 7.15. The third kappa shape index (κ3) is 5.52. The van der Waals surface area contributed by atoms with E-state index in [2.05, 4.69) is 24.1 Å². The molecule has 0 radical (unpaired) electrons. The van der Waals surface area contributed by atoms with Gasteiger partial charge in [-0.15, -0.1) is 5.06 Å². The van der Waals surface area contributed by atoms with Crippen LogP contribution in [0.25, 0.3) is 0 Å². The van der Waals surface area contributed by atoms with Crippen LogP contribution in [-0.2, 0) is 11.3 Å². The number of hydroxylamine groups is 2. The Bertz CT molecular complexity index is 491. The lowest BCUT2D eigenvalue weighted by Crippen LogP contribution is -2.51. The molecule has 0 saturated carbocycles. The van der Waals surface area contributed by atoms with Crippen molar-refractivity contribution in [2.24, 2.45) is 0 Å². The highest BCUT2D eigenvalue weighted by Gasteiger charge is 2.29. The highest BCUT2D eigenvalue weighted by atomic mass is 16.7. The van der Waals surface area contributed by atoms with E-state index < -0.39 is 0 Å². The van der Waals surface area contributed by atoms with Crippen LogP contribution in [0, 0.1) is 0 Å². The molecule has 128 valence electrons. The number of benzene rings is 1. The summed E-state index contributed by atoms with van der Waals surface area (Å²) in [6.07, 6.45) is 0.577. The van der Waals surface area contributed by atoms with Crippen molar-refractivity contribution in [1.29, 1.82) is 0 Å². The highest BCUT2D eigenvalue weighted by molar-refractivity contribution is 5.68. The average Bonchev–Trinajstić information content (AvgIpc) is 2.49. The van der Waals surface area contributed by atoms with Crippen molar-refractivity contribution in [3.63, 3.8) is 0 Å². The lowest BCUT2D eigenvalue weighted by Gasteiger charge is -2.37. The van der Waals surface area contributed by atoms with Gasteiger partial charge in [0.1, 0.15) is 0 Å². The Morgan fingerprint density at radius 1 is 1.13 bits per heavy atom. The van der Waals surface area contributed by atoms with Crippen LogP contribution >= 0.6 is 0 Å². The summed E-state index contributed by atoms with van der Waals surface area (Å²) in [4.78, 5) is 22.3. The molecular weight excluding hydrogens is 290 g/mol. The molecule has 0 N–H and O–H groups in total. The summed E-state index contributed by atoms with van der Waals surface area (Å²) in [5.74, 6) is 0. The van der Waals surface area contributed by atoms with Gasteiger partial charge in [0, 0.05) is 38.3 Å². The Hall–Kier alpha value is -1.59. The summed E-state index contributed by atoms with van der Waals surface area (Å²) in [7, 11) is 2.08. The van der Waals surface area contributed by atoms with Gasteiger partial charge >= 0.3 is 6.09 Å². The van der Waals surface area contributed by atoms with Crippen LogP contribution in [0.15, 0.2) is 30.3 Å². The fourth-order valence-corrected chi connectivity index (χ4v) is 2.63. The number of carbonyl (C=O) groups is 1. The van der Waals surface area contributed by atoms with Crippen LogP contribution in [0.3, 0.4) is 0 Å². The molecular formula is C18H29N3O2. The molecule has 23 heavy (non-hydrogen) atoms. The number of hydrogen-bond acceptors (Lipinski definition) is 4. The Morgan fingerprint density at radius 2 is 1.74 bits per heavy atom. The molecule has 1 saturated heterocycles. The third-order valence-electron chi connectivity index (χ3n) is 4.17. The minimum atomic E-state index is -0.265. The number of carbonyl (C=O) groups excluding carboxylic acids is 1. The normalized spacial score (nSPS) is 17.0. The number of nitrogens with zero attached hydrogens (tertiary/aromatic N) is 3. The largest absolute Gasteiger partial charge is 0.429 e. The maximum absolute atomic E-state index is 12.6. The molecule has 0 atom stereocenters. The van der Waals surface area contributed by atoms with E-state index in [4.69, 9.17) is 4.84 Å². The first-order chi connectivity index (χ1) is 10.9. The summed E-state index contributed by atoms with van der Waals surface area (Å²) in [5, 5.41) is 1.78. The Labute approximate surface area is 139 Å². The zero-order chi connectivity index (χ0) is 16.9. The predicted molar refractivity (Wildman–Crippen MR) is 92.2 cm³/mol. The fourth-order valence-electron chi connectivity index (χ4n) is 2.63. The molecule has 1 aliphatic rings. The topological polar surface area (TPSA) is 36.0 Å². The van der Waals surface area contributed by atoms with Gasteiger partial charge in [-0.25, -0.2) is 4.79 Å². The smallest absolute Gasteiger partial charge is 0.351 e. The quantitative estimate of drug-likeness (QED) is 0.855. The summed E-state index contributed by atoms with van der Waals surface area (Å²) in [5.41, 5.74) is 0.965. The van der Waals surface area contributed by atoms with Gasteiger partial charge in [0.25, 0.3) is 0 Å². The summed E-state index contributed by atoms with van der Waals surface area (Å²) in [6, 6.07) is 10.2.